The lowest BCUT2D eigenvalue weighted by Gasteiger charge is -2.19. The molecular formula is C52H30S2. The van der Waals surface area contributed by atoms with Crippen LogP contribution in [0.2, 0.25) is 0 Å². The van der Waals surface area contributed by atoms with Gasteiger partial charge in [-0.15, -0.1) is 22.7 Å². The van der Waals surface area contributed by atoms with Crippen LogP contribution in [0.4, 0.5) is 0 Å². The Morgan fingerprint density at radius 2 is 0.852 bits per heavy atom. The van der Waals surface area contributed by atoms with Crippen molar-refractivity contribution in [2.75, 3.05) is 0 Å². The van der Waals surface area contributed by atoms with Crippen molar-refractivity contribution in [2.24, 2.45) is 0 Å². The second kappa shape index (κ2) is 11.6. The molecule has 2 heterocycles. The first-order valence-electron chi connectivity index (χ1n) is 18.5. The zero-order valence-electron chi connectivity index (χ0n) is 29.1. The Hall–Kier alpha value is -6.32. The van der Waals surface area contributed by atoms with Crippen LogP contribution in [0.3, 0.4) is 0 Å². The number of thiophene rings is 2. The van der Waals surface area contributed by atoms with Crippen LogP contribution in [-0.2, 0) is 0 Å². The monoisotopic (exact) mass is 718 g/mol. The molecule has 0 aliphatic carbocycles. The Morgan fingerprint density at radius 1 is 0.278 bits per heavy atom. The fourth-order valence-corrected chi connectivity index (χ4v) is 11.5. The SMILES string of the molecule is c1ccc(-c2ccc(-c3c4ccccc4c(-c4ccc5c(c4)sc4ccc6ccc7c8ccccc8sc7c6c45)c4ccccc34)c3ccccc23)cc1. The lowest BCUT2D eigenvalue weighted by Crippen LogP contribution is -1.92. The van der Waals surface area contributed by atoms with Gasteiger partial charge >= 0.3 is 0 Å². The molecule has 0 amide bonds. The Labute approximate surface area is 319 Å². The summed E-state index contributed by atoms with van der Waals surface area (Å²) in [6.45, 7) is 0. The predicted octanol–water partition coefficient (Wildman–Crippen LogP) is 16.0. The first kappa shape index (κ1) is 30.2. The Bertz CT molecular complexity index is 3430. The van der Waals surface area contributed by atoms with Gasteiger partial charge in [0.25, 0.3) is 0 Å². The van der Waals surface area contributed by atoms with E-state index in [9.17, 15) is 0 Å². The lowest BCUT2D eigenvalue weighted by molar-refractivity contribution is 1.64. The van der Waals surface area contributed by atoms with Crippen molar-refractivity contribution >= 4 is 106 Å². The second-order valence-electron chi connectivity index (χ2n) is 14.3. The van der Waals surface area contributed by atoms with Crippen molar-refractivity contribution in [3.8, 4) is 33.4 Å². The molecule has 0 saturated heterocycles. The van der Waals surface area contributed by atoms with Gasteiger partial charge in [0.2, 0.25) is 0 Å². The van der Waals surface area contributed by atoms with Gasteiger partial charge in [-0.25, -0.2) is 0 Å². The van der Waals surface area contributed by atoms with E-state index in [0.29, 0.717) is 0 Å². The maximum Gasteiger partial charge on any atom is 0.0440 e. The minimum absolute atomic E-state index is 1.24. The zero-order valence-corrected chi connectivity index (χ0v) is 30.8. The lowest BCUT2D eigenvalue weighted by atomic mass is 9.83. The summed E-state index contributed by atoms with van der Waals surface area (Å²) >= 11 is 3.84. The summed E-state index contributed by atoms with van der Waals surface area (Å²) in [5.74, 6) is 0. The third-order valence-corrected chi connectivity index (χ3v) is 13.8. The van der Waals surface area contributed by atoms with Crippen LogP contribution >= 0.6 is 22.7 Å². The van der Waals surface area contributed by atoms with Gasteiger partial charge in [0.15, 0.2) is 0 Å². The van der Waals surface area contributed by atoms with Crippen LogP contribution in [-0.4, -0.2) is 0 Å². The normalized spacial score (nSPS) is 12.1. The topological polar surface area (TPSA) is 0 Å². The molecular weight excluding hydrogens is 689 g/mol. The van der Waals surface area contributed by atoms with Crippen molar-refractivity contribution in [2.45, 2.75) is 0 Å². The van der Waals surface area contributed by atoms with Crippen LogP contribution in [0.1, 0.15) is 0 Å². The molecule has 0 fully saturated rings. The van der Waals surface area contributed by atoms with E-state index in [-0.39, 0.29) is 0 Å². The van der Waals surface area contributed by atoms with Crippen LogP contribution in [0, 0.1) is 0 Å². The number of hydrogen-bond acceptors (Lipinski definition) is 2. The van der Waals surface area contributed by atoms with E-state index in [2.05, 4.69) is 182 Å². The summed E-state index contributed by atoms with van der Waals surface area (Å²) in [4.78, 5) is 0. The molecule has 0 saturated carbocycles. The van der Waals surface area contributed by atoms with E-state index in [1.807, 2.05) is 22.7 Å². The highest BCUT2D eigenvalue weighted by Crippen LogP contribution is 2.49. The summed E-state index contributed by atoms with van der Waals surface area (Å²) in [7, 11) is 0. The number of benzene rings is 10. The van der Waals surface area contributed by atoms with Gasteiger partial charge in [0.1, 0.15) is 0 Å². The Kier molecular flexibility index (Phi) is 6.48. The smallest absolute Gasteiger partial charge is 0.0440 e. The van der Waals surface area contributed by atoms with Crippen LogP contribution < -0.4 is 0 Å². The average molecular weight is 719 g/mol. The molecule has 0 radical (unpaired) electrons. The van der Waals surface area contributed by atoms with Crippen molar-refractivity contribution in [3.63, 3.8) is 0 Å². The fraction of sp³-hybridized carbons (Fsp3) is 0. The van der Waals surface area contributed by atoms with Crippen LogP contribution in [0.15, 0.2) is 182 Å². The fourth-order valence-electron chi connectivity index (χ4n) is 9.13. The van der Waals surface area contributed by atoms with E-state index >= 15 is 0 Å². The first-order chi connectivity index (χ1) is 26.8. The molecule has 0 nitrogen and oxygen atoms in total. The predicted molar refractivity (Wildman–Crippen MR) is 239 cm³/mol. The molecule has 0 aliphatic heterocycles. The van der Waals surface area contributed by atoms with Gasteiger partial charge in [-0.3, -0.25) is 0 Å². The molecule has 10 aromatic carbocycles. The van der Waals surface area contributed by atoms with Gasteiger partial charge in [-0.1, -0.05) is 164 Å². The van der Waals surface area contributed by atoms with Gasteiger partial charge in [0.05, 0.1) is 0 Å². The van der Waals surface area contributed by atoms with E-state index in [4.69, 9.17) is 0 Å². The van der Waals surface area contributed by atoms with Crippen molar-refractivity contribution < 1.29 is 0 Å². The summed E-state index contributed by atoms with van der Waals surface area (Å²) in [6, 6.07) is 67.7. The standard InChI is InChI=1S/C52H30S2/c1-2-12-31(13-3-1)34-27-28-42(36-15-5-4-14-35(34)36)50-40-19-8-6-17-38(40)48(39-18-7-9-20-41(39)50)33-23-26-44-47(30-33)53-46-29-24-32-22-25-43-37-16-10-11-21-45(37)54-52(43)49(32)51(44)46/h1-30H. The highest BCUT2D eigenvalue weighted by Gasteiger charge is 2.20. The van der Waals surface area contributed by atoms with E-state index < -0.39 is 0 Å². The van der Waals surface area contributed by atoms with Crippen molar-refractivity contribution in [3.05, 3.63) is 182 Å². The Balaban J connectivity index is 1.12. The van der Waals surface area contributed by atoms with Crippen molar-refractivity contribution in [1.29, 1.82) is 0 Å². The second-order valence-corrected chi connectivity index (χ2v) is 16.4. The maximum absolute atomic E-state index is 2.45. The minimum Gasteiger partial charge on any atom is -0.135 e. The summed E-state index contributed by atoms with van der Waals surface area (Å²) < 4.78 is 5.41. The molecule has 2 heteroatoms. The largest absolute Gasteiger partial charge is 0.135 e. The minimum atomic E-state index is 1.24. The highest BCUT2D eigenvalue weighted by atomic mass is 32.1. The molecule has 12 rings (SSSR count). The molecule has 12 aromatic rings. The van der Waals surface area contributed by atoms with Crippen LogP contribution in [0.5, 0.6) is 0 Å². The average Bonchev–Trinajstić information content (AvgIpc) is 3.81. The summed E-state index contributed by atoms with van der Waals surface area (Å²) in [6.07, 6.45) is 0. The molecule has 0 unspecified atom stereocenters. The van der Waals surface area contributed by atoms with E-state index in [1.54, 1.807) is 0 Å². The molecule has 250 valence electrons. The van der Waals surface area contributed by atoms with Gasteiger partial charge in [-0.2, -0.15) is 0 Å². The molecule has 0 spiro atoms. The van der Waals surface area contributed by atoms with Gasteiger partial charge < -0.3 is 0 Å². The van der Waals surface area contributed by atoms with Crippen LogP contribution in [0.25, 0.3) is 117 Å². The zero-order chi connectivity index (χ0) is 35.3. The van der Waals surface area contributed by atoms with Gasteiger partial charge in [-0.05, 0) is 89.3 Å². The quantitative estimate of drug-likeness (QED) is 0.160. The number of hydrogen-bond donors (Lipinski definition) is 0. The molecule has 54 heavy (non-hydrogen) atoms. The van der Waals surface area contributed by atoms with E-state index in [0.717, 1.165) is 0 Å². The third-order valence-electron chi connectivity index (χ3n) is 11.5. The molecule has 2 aromatic heterocycles. The van der Waals surface area contributed by atoms with E-state index in [1.165, 1.54) is 117 Å². The summed E-state index contributed by atoms with van der Waals surface area (Å²) in [5.41, 5.74) is 7.62. The molecule has 0 atom stereocenters. The number of fused-ring (bicyclic) bond motifs is 12. The third kappa shape index (κ3) is 4.30. The molecule has 0 N–H and O–H groups in total. The summed E-state index contributed by atoms with van der Waals surface area (Å²) in [5, 5.41) is 15.8. The van der Waals surface area contributed by atoms with Crippen molar-refractivity contribution in [1.82, 2.24) is 0 Å². The molecule has 0 aliphatic rings. The first-order valence-corrected chi connectivity index (χ1v) is 20.1. The maximum atomic E-state index is 2.45. The van der Waals surface area contributed by atoms with Gasteiger partial charge in [0, 0.05) is 45.7 Å². The Morgan fingerprint density at radius 3 is 1.59 bits per heavy atom. The number of rotatable bonds is 3. The molecule has 0 bridgehead atoms. The highest BCUT2D eigenvalue weighted by molar-refractivity contribution is 7.28.